The number of nitrogens with one attached hydrogen (secondary N) is 1. The Morgan fingerprint density at radius 1 is 1.47 bits per heavy atom. The molecule has 0 spiro atoms. The highest BCUT2D eigenvalue weighted by Gasteiger charge is 2.09. The Kier molecular flexibility index (Phi) is 9.52. The van der Waals surface area contributed by atoms with Gasteiger partial charge in [-0.15, -0.1) is 24.2 Å². The molecule has 0 aliphatic heterocycles. The van der Waals surface area contributed by atoms with Crippen LogP contribution in [0.4, 0.5) is 0 Å². The van der Waals surface area contributed by atoms with Crippen molar-refractivity contribution in [1.82, 2.24) is 10.2 Å². The lowest BCUT2D eigenvalue weighted by Crippen LogP contribution is -2.33. The highest BCUT2D eigenvalue weighted by atomic mass is 79.9. The molecule has 0 unspecified atom stereocenters. The second kappa shape index (κ2) is 9.64. The molecule has 0 aliphatic carbocycles. The average Bonchev–Trinajstić information content (AvgIpc) is 2.34. The van der Waals surface area contributed by atoms with E-state index >= 15 is 0 Å². The Balaban J connectivity index is 0.00000324. The van der Waals surface area contributed by atoms with Gasteiger partial charge in [-0.05, 0) is 37.7 Å². The summed E-state index contributed by atoms with van der Waals surface area (Å²) in [5.74, 6) is 0.653. The summed E-state index contributed by atoms with van der Waals surface area (Å²) in [6.45, 7) is 3.63. The van der Waals surface area contributed by atoms with E-state index in [-0.39, 0.29) is 18.3 Å². The van der Waals surface area contributed by atoms with Crippen LogP contribution >= 0.6 is 40.1 Å². The molecule has 1 N–H and O–H groups in total. The van der Waals surface area contributed by atoms with Crippen molar-refractivity contribution in [1.29, 1.82) is 0 Å². The zero-order chi connectivity index (χ0) is 13.5. The summed E-state index contributed by atoms with van der Waals surface area (Å²) >= 11 is 5.03. The van der Waals surface area contributed by atoms with E-state index in [0.29, 0.717) is 5.75 Å². The largest absolute Gasteiger partial charge is 0.344 e. The van der Waals surface area contributed by atoms with Crippen molar-refractivity contribution in [2.45, 2.75) is 11.8 Å². The number of benzene rings is 1. The maximum atomic E-state index is 11.9. The van der Waals surface area contributed by atoms with Crippen LogP contribution in [0.2, 0.25) is 0 Å². The van der Waals surface area contributed by atoms with Gasteiger partial charge in [0.25, 0.3) is 0 Å². The number of carbonyl (C=O) groups excluding carboxylic acids is 1. The molecule has 0 heterocycles. The highest BCUT2D eigenvalue weighted by Crippen LogP contribution is 2.25. The molecule has 1 amide bonds. The fourth-order valence-electron chi connectivity index (χ4n) is 1.43. The molecular formula is C13H20BrClN2OS. The molecule has 0 saturated heterocycles. The van der Waals surface area contributed by atoms with Crippen LogP contribution in [0, 0.1) is 6.92 Å². The van der Waals surface area contributed by atoms with Crippen molar-refractivity contribution < 1.29 is 4.79 Å². The fraction of sp³-hybridized carbons (Fsp3) is 0.462. The van der Waals surface area contributed by atoms with Crippen molar-refractivity contribution in [2.75, 3.05) is 32.9 Å². The first-order valence-electron chi connectivity index (χ1n) is 5.82. The van der Waals surface area contributed by atoms with Gasteiger partial charge in [0.1, 0.15) is 0 Å². The summed E-state index contributed by atoms with van der Waals surface area (Å²) in [6, 6.07) is 6.12. The zero-order valence-electron chi connectivity index (χ0n) is 11.4. The summed E-state index contributed by atoms with van der Waals surface area (Å²) in [7, 11) is 3.73. The Hall–Kier alpha value is -0.230. The van der Waals surface area contributed by atoms with Gasteiger partial charge < -0.3 is 10.2 Å². The zero-order valence-corrected chi connectivity index (χ0v) is 14.6. The third kappa shape index (κ3) is 6.65. The van der Waals surface area contributed by atoms with Crippen LogP contribution < -0.4 is 5.32 Å². The quantitative estimate of drug-likeness (QED) is 0.785. The number of nitrogens with zero attached hydrogens (tertiary/aromatic N) is 1. The Morgan fingerprint density at radius 2 is 2.16 bits per heavy atom. The minimum absolute atomic E-state index is 0. The first kappa shape index (κ1) is 18.8. The molecule has 0 radical (unpaired) electrons. The van der Waals surface area contributed by atoms with Gasteiger partial charge >= 0.3 is 0 Å². The predicted molar refractivity (Wildman–Crippen MR) is 88.4 cm³/mol. The van der Waals surface area contributed by atoms with E-state index in [4.69, 9.17) is 0 Å². The van der Waals surface area contributed by atoms with Gasteiger partial charge in [-0.1, -0.05) is 15.9 Å². The van der Waals surface area contributed by atoms with E-state index in [9.17, 15) is 4.79 Å². The van der Waals surface area contributed by atoms with E-state index in [1.54, 1.807) is 16.7 Å². The number of thioether (sulfide) groups is 1. The van der Waals surface area contributed by atoms with Crippen molar-refractivity contribution in [3.63, 3.8) is 0 Å². The van der Waals surface area contributed by atoms with Crippen molar-refractivity contribution >= 4 is 46.0 Å². The minimum atomic E-state index is 0. The van der Waals surface area contributed by atoms with Crippen LogP contribution in [-0.4, -0.2) is 43.7 Å². The number of carbonyl (C=O) groups is 1. The van der Waals surface area contributed by atoms with E-state index < -0.39 is 0 Å². The van der Waals surface area contributed by atoms with E-state index in [1.807, 2.05) is 26.2 Å². The van der Waals surface area contributed by atoms with Gasteiger partial charge in [-0.3, -0.25) is 4.79 Å². The van der Waals surface area contributed by atoms with Gasteiger partial charge in [0, 0.05) is 29.5 Å². The Labute approximate surface area is 134 Å². The summed E-state index contributed by atoms with van der Waals surface area (Å²) in [4.78, 5) is 14.8. The predicted octanol–water partition coefficient (Wildman–Crippen LogP) is 2.95. The molecule has 0 atom stereocenters. The van der Waals surface area contributed by atoms with E-state index in [2.05, 4.69) is 34.2 Å². The standard InChI is InChI=1S/C13H19BrN2OS.ClH/c1-10-8-11(14)4-5-12(10)18-9-13(17)16(3)7-6-15-2;/h4-5,8,15H,6-7,9H2,1-3H3;1H. The third-order valence-electron chi connectivity index (χ3n) is 2.61. The third-order valence-corrected chi connectivity index (χ3v) is 4.26. The lowest BCUT2D eigenvalue weighted by Gasteiger charge is -2.16. The van der Waals surface area contributed by atoms with Gasteiger partial charge in [0.2, 0.25) is 5.91 Å². The van der Waals surface area contributed by atoms with E-state index in [0.717, 1.165) is 22.5 Å². The first-order chi connectivity index (χ1) is 8.54. The normalized spacial score (nSPS) is 9.89. The monoisotopic (exact) mass is 366 g/mol. The molecule has 19 heavy (non-hydrogen) atoms. The molecular weight excluding hydrogens is 348 g/mol. The average molecular weight is 368 g/mol. The van der Waals surface area contributed by atoms with Crippen LogP contribution in [0.3, 0.4) is 0 Å². The summed E-state index contributed by atoms with van der Waals surface area (Å²) in [5.41, 5.74) is 1.19. The molecule has 6 heteroatoms. The second-order valence-corrected chi connectivity index (χ2v) is 6.05. The lowest BCUT2D eigenvalue weighted by atomic mass is 10.2. The van der Waals surface area contributed by atoms with Crippen LogP contribution in [0.5, 0.6) is 0 Å². The number of halogens is 2. The van der Waals surface area contributed by atoms with Crippen molar-refractivity contribution in [2.24, 2.45) is 0 Å². The molecule has 0 bridgehead atoms. The summed E-state index contributed by atoms with van der Waals surface area (Å²) in [5, 5.41) is 3.04. The number of hydrogen-bond acceptors (Lipinski definition) is 3. The molecule has 0 saturated carbocycles. The molecule has 0 aliphatic rings. The van der Waals surface area contributed by atoms with Crippen molar-refractivity contribution in [3.8, 4) is 0 Å². The van der Waals surface area contributed by atoms with Gasteiger partial charge in [0.15, 0.2) is 0 Å². The number of rotatable bonds is 6. The van der Waals surface area contributed by atoms with Gasteiger partial charge in [-0.2, -0.15) is 0 Å². The molecule has 0 aromatic heterocycles. The molecule has 1 rings (SSSR count). The fourth-order valence-corrected chi connectivity index (χ4v) is 2.85. The molecule has 1 aromatic rings. The topological polar surface area (TPSA) is 32.3 Å². The lowest BCUT2D eigenvalue weighted by molar-refractivity contribution is -0.127. The van der Waals surface area contributed by atoms with Crippen LogP contribution in [-0.2, 0) is 4.79 Å². The van der Waals surface area contributed by atoms with Gasteiger partial charge in [0.05, 0.1) is 5.75 Å². The second-order valence-electron chi connectivity index (χ2n) is 4.12. The van der Waals surface area contributed by atoms with Gasteiger partial charge in [-0.25, -0.2) is 0 Å². The van der Waals surface area contributed by atoms with Crippen molar-refractivity contribution in [3.05, 3.63) is 28.2 Å². The molecule has 0 fully saturated rings. The number of likely N-dealkylation sites (N-methyl/N-ethyl adjacent to an activating group) is 2. The maximum Gasteiger partial charge on any atom is 0.232 e. The number of aryl methyl sites for hydroxylation is 1. The first-order valence-corrected chi connectivity index (χ1v) is 7.60. The van der Waals surface area contributed by atoms with Crippen LogP contribution in [0.25, 0.3) is 0 Å². The summed E-state index contributed by atoms with van der Waals surface area (Å²) < 4.78 is 1.07. The van der Waals surface area contributed by atoms with Crippen LogP contribution in [0.15, 0.2) is 27.6 Å². The molecule has 108 valence electrons. The minimum Gasteiger partial charge on any atom is -0.344 e. The van der Waals surface area contributed by atoms with E-state index in [1.165, 1.54) is 5.56 Å². The molecule has 3 nitrogen and oxygen atoms in total. The number of amides is 1. The maximum absolute atomic E-state index is 11.9. The Bertz CT molecular complexity index is 418. The summed E-state index contributed by atoms with van der Waals surface area (Å²) in [6.07, 6.45) is 0. The Morgan fingerprint density at radius 3 is 2.74 bits per heavy atom. The highest BCUT2D eigenvalue weighted by molar-refractivity contribution is 9.10. The smallest absolute Gasteiger partial charge is 0.232 e. The number of hydrogen-bond donors (Lipinski definition) is 1. The SMILES string of the molecule is CNCCN(C)C(=O)CSc1ccc(Br)cc1C.Cl. The molecule has 1 aromatic carbocycles. The van der Waals surface area contributed by atoms with Crippen LogP contribution in [0.1, 0.15) is 5.56 Å².